The van der Waals surface area contributed by atoms with Gasteiger partial charge in [-0.15, -0.1) is 11.8 Å². The molecule has 0 unspecified atom stereocenters. The molecule has 1 aliphatic rings. The summed E-state index contributed by atoms with van der Waals surface area (Å²) in [5, 5.41) is 0. The Morgan fingerprint density at radius 2 is 2.20 bits per heavy atom. The Kier molecular flexibility index (Phi) is 7.25. The van der Waals surface area contributed by atoms with Crippen molar-refractivity contribution in [3.63, 3.8) is 0 Å². The Hall–Kier alpha value is 0.0900. The quantitative estimate of drug-likeness (QED) is 0.524. The molecular formula is C14H26S. The first-order chi connectivity index (χ1) is 7.33. The van der Waals surface area contributed by atoms with E-state index in [-0.39, 0.29) is 0 Å². The van der Waals surface area contributed by atoms with Crippen molar-refractivity contribution in [3.05, 3.63) is 11.0 Å². The first kappa shape index (κ1) is 13.2. The maximum absolute atomic E-state index is 2.49. The molecule has 1 atom stereocenters. The Morgan fingerprint density at radius 1 is 1.33 bits per heavy atom. The Morgan fingerprint density at radius 3 is 2.87 bits per heavy atom. The summed E-state index contributed by atoms with van der Waals surface area (Å²) in [7, 11) is 0. The van der Waals surface area contributed by atoms with E-state index in [9.17, 15) is 0 Å². The largest absolute Gasteiger partial charge is 0.131 e. The van der Waals surface area contributed by atoms with Crippen molar-refractivity contribution in [2.75, 3.05) is 5.75 Å². The fourth-order valence-corrected chi connectivity index (χ4v) is 3.04. The predicted octanol–water partition coefficient (Wildman–Crippen LogP) is 5.39. The van der Waals surface area contributed by atoms with Crippen LogP contribution in [-0.2, 0) is 0 Å². The Bertz CT molecular complexity index is 176. The second kappa shape index (κ2) is 8.27. The van der Waals surface area contributed by atoms with Gasteiger partial charge in [0.1, 0.15) is 0 Å². The van der Waals surface area contributed by atoms with Crippen LogP contribution in [-0.4, -0.2) is 5.75 Å². The van der Waals surface area contributed by atoms with Crippen molar-refractivity contribution in [1.82, 2.24) is 0 Å². The lowest BCUT2D eigenvalue weighted by Gasteiger charge is -2.06. The monoisotopic (exact) mass is 226 g/mol. The van der Waals surface area contributed by atoms with Crippen molar-refractivity contribution < 1.29 is 0 Å². The van der Waals surface area contributed by atoms with Crippen molar-refractivity contribution in [2.45, 2.75) is 65.2 Å². The summed E-state index contributed by atoms with van der Waals surface area (Å²) in [6.07, 6.45) is 13.6. The van der Waals surface area contributed by atoms with E-state index in [1.54, 1.807) is 4.91 Å². The molecule has 0 radical (unpaired) electrons. The van der Waals surface area contributed by atoms with Crippen LogP contribution in [0.25, 0.3) is 0 Å². The molecular weight excluding hydrogens is 200 g/mol. The van der Waals surface area contributed by atoms with Crippen LogP contribution in [0, 0.1) is 5.92 Å². The molecule has 1 heteroatoms. The van der Waals surface area contributed by atoms with Crippen LogP contribution in [0.5, 0.6) is 0 Å². The molecule has 1 rings (SSSR count). The van der Waals surface area contributed by atoms with Crippen molar-refractivity contribution in [1.29, 1.82) is 0 Å². The van der Waals surface area contributed by atoms with Gasteiger partial charge in [0, 0.05) is 0 Å². The first-order valence-electron chi connectivity index (χ1n) is 6.64. The molecule has 0 aromatic rings. The average Bonchev–Trinajstić information content (AvgIpc) is 2.75. The normalized spacial score (nSPS) is 21.1. The van der Waals surface area contributed by atoms with E-state index in [0.29, 0.717) is 0 Å². The van der Waals surface area contributed by atoms with Crippen LogP contribution >= 0.6 is 11.8 Å². The van der Waals surface area contributed by atoms with Gasteiger partial charge in [-0.2, -0.15) is 0 Å². The van der Waals surface area contributed by atoms with Crippen LogP contribution in [0.2, 0.25) is 0 Å². The van der Waals surface area contributed by atoms with E-state index in [1.165, 1.54) is 57.1 Å². The summed E-state index contributed by atoms with van der Waals surface area (Å²) in [5.74, 6) is 2.30. The van der Waals surface area contributed by atoms with Gasteiger partial charge in [-0.25, -0.2) is 0 Å². The molecule has 0 spiro atoms. The molecule has 1 aliphatic heterocycles. The number of rotatable bonds is 7. The van der Waals surface area contributed by atoms with Gasteiger partial charge in [-0.3, -0.25) is 0 Å². The van der Waals surface area contributed by atoms with E-state index in [1.807, 2.05) is 0 Å². The lowest BCUT2D eigenvalue weighted by Crippen LogP contribution is -1.91. The highest BCUT2D eigenvalue weighted by atomic mass is 32.2. The molecule has 0 saturated carbocycles. The van der Waals surface area contributed by atoms with Crippen LogP contribution in [0.4, 0.5) is 0 Å². The minimum Gasteiger partial charge on any atom is -0.131 e. The van der Waals surface area contributed by atoms with Crippen molar-refractivity contribution in [3.8, 4) is 0 Å². The predicted molar refractivity (Wildman–Crippen MR) is 72.3 cm³/mol. The molecule has 88 valence electrons. The molecule has 0 N–H and O–H groups in total. The van der Waals surface area contributed by atoms with Crippen LogP contribution < -0.4 is 0 Å². The minimum absolute atomic E-state index is 0.939. The lowest BCUT2D eigenvalue weighted by molar-refractivity contribution is 0.479. The highest BCUT2D eigenvalue weighted by Gasteiger charge is 2.05. The van der Waals surface area contributed by atoms with Gasteiger partial charge in [0.15, 0.2) is 0 Å². The summed E-state index contributed by atoms with van der Waals surface area (Å²) >= 11 is 2.08. The van der Waals surface area contributed by atoms with E-state index < -0.39 is 0 Å². The van der Waals surface area contributed by atoms with Crippen molar-refractivity contribution in [2.24, 2.45) is 5.92 Å². The number of unbranched alkanes of at least 4 members (excludes halogenated alkanes) is 3. The van der Waals surface area contributed by atoms with Crippen molar-refractivity contribution >= 4 is 11.8 Å². The van der Waals surface area contributed by atoms with Gasteiger partial charge in [-0.1, -0.05) is 45.6 Å². The molecule has 15 heavy (non-hydrogen) atoms. The van der Waals surface area contributed by atoms with Gasteiger partial charge in [0.05, 0.1) is 0 Å². The molecule has 0 aromatic carbocycles. The zero-order valence-corrected chi connectivity index (χ0v) is 11.2. The molecule has 1 heterocycles. The standard InChI is InChI=1S/C14H26S/c1-3-13(2)9-6-4-5-7-10-14-11-8-12-15-14/h10,13H,3-9,11-12H2,1-2H3/b14-10-/t13-/m1/s1. The zero-order chi connectivity index (χ0) is 10.9. The van der Waals surface area contributed by atoms with E-state index in [2.05, 4.69) is 31.7 Å². The smallest absolute Gasteiger partial charge is 0.00200 e. The van der Waals surface area contributed by atoms with E-state index in [0.717, 1.165) is 5.92 Å². The molecule has 0 aromatic heterocycles. The summed E-state index contributed by atoms with van der Waals surface area (Å²) in [5.41, 5.74) is 0. The lowest BCUT2D eigenvalue weighted by atomic mass is 10.0. The number of allylic oxidation sites excluding steroid dienone is 2. The highest BCUT2D eigenvalue weighted by Crippen LogP contribution is 2.30. The fraction of sp³-hybridized carbons (Fsp3) is 0.857. The molecule has 0 amide bonds. The molecule has 0 aliphatic carbocycles. The Labute approximate surface area is 99.9 Å². The maximum Gasteiger partial charge on any atom is -0.00200 e. The third-order valence-corrected chi connectivity index (χ3v) is 4.56. The third kappa shape index (κ3) is 6.29. The molecule has 0 bridgehead atoms. The maximum atomic E-state index is 2.49. The molecule has 1 fully saturated rings. The van der Waals surface area contributed by atoms with Crippen LogP contribution in [0.15, 0.2) is 11.0 Å². The summed E-state index contributed by atoms with van der Waals surface area (Å²) < 4.78 is 0. The fourth-order valence-electron chi connectivity index (χ4n) is 1.96. The topological polar surface area (TPSA) is 0 Å². The second-order valence-corrected chi connectivity index (χ2v) is 6.00. The number of hydrogen-bond donors (Lipinski definition) is 0. The van der Waals surface area contributed by atoms with Crippen LogP contribution in [0.1, 0.15) is 65.2 Å². The van der Waals surface area contributed by atoms with Crippen LogP contribution in [0.3, 0.4) is 0 Å². The van der Waals surface area contributed by atoms with E-state index >= 15 is 0 Å². The van der Waals surface area contributed by atoms with Gasteiger partial charge in [-0.05, 0) is 42.3 Å². The van der Waals surface area contributed by atoms with Gasteiger partial charge < -0.3 is 0 Å². The zero-order valence-electron chi connectivity index (χ0n) is 10.4. The summed E-state index contributed by atoms with van der Waals surface area (Å²) in [4.78, 5) is 1.66. The number of thioether (sulfide) groups is 1. The highest BCUT2D eigenvalue weighted by molar-refractivity contribution is 8.03. The summed E-state index contributed by atoms with van der Waals surface area (Å²) in [6, 6.07) is 0. The molecule has 0 nitrogen and oxygen atoms in total. The van der Waals surface area contributed by atoms with Gasteiger partial charge in [0.25, 0.3) is 0 Å². The first-order valence-corrected chi connectivity index (χ1v) is 7.63. The second-order valence-electron chi connectivity index (χ2n) is 4.77. The SMILES string of the molecule is CC[C@@H](C)CCCCC/C=C1/CCCS1. The molecule has 1 saturated heterocycles. The Balaban J connectivity index is 1.90. The minimum atomic E-state index is 0.939. The summed E-state index contributed by atoms with van der Waals surface area (Å²) in [6.45, 7) is 4.67. The number of hydrogen-bond acceptors (Lipinski definition) is 1. The van der Waals surface area contributed by atoms with E-state index in [4.69, 9.17) is 0 Å². The van der Waals surface area contributed by atoms with Gasteiger partial charge >= 0.3 is 0 Å². The van der Waals surface area contributed by atoms with Gasteiger partial charge in [0.2, 0.25) is 0 Å². The average molecular weight is 226 g/mol. The third-order valence-electron chi connectivity index (χ3n) is 3.32.